The second kappa shape index (κ2) is 6.55. The van der Waals surface area contributed by atoms with E-state index in [0.29, 0.717) is 30.7 Å². The van der Waals surface area contributed by atoms with E-state index >= 15 is 0 Å². The monoisotopic (exact) mass is 309 g/mol. The van der Waals surface area contributed by atoms with Crippen LogP contribution < -0.4 is 5.73 Å². The van der Waals surface area contributed by atoms with Crippen LogP contribution in [0.3, 0.4) is 0 Å². The quantitative estimate of drug-likeness (QED) is 0.874. The lowest BCUT2D eigenvalue weighted by molar-refractivity contribution is 0.0590. The fraction of sp³-hybridized carbons (Fsp3) is 0.429. The van der Waals surface area contributed by atoms with Gasteiger partial charge in [0.05, 0.1) is 18.3 Å². The molecule has 21 heavy (non-hydrogen) atoms. The summed E-state index contributed by atoms with van der Waals surface area (Å²) in [5.74, 6) is 1.34. The molecular formula is C14H16FN3O2S. The van der Waals surface area contributed by atoms with Crippen LogP contribution in [-0.4, -0.2) is 29.4 Å². The van der Waals surface area contributed by atoms with Crippen LogP contribution in [0.4, 0.5) is 4.39 Å². The van der Waals surface area contributed by atoms with Crippen molar-refractivity contribution in [2.24, 2.45) is 5.73 Å². The zero-order chi connectivity index (χ0) is 14.7. The summed E-state index contributed by atoms with van der Waals surface area (Å²) in [6.07, 6.45) is 0.792. The first-order valence-corrected chi connectivity index (χ1v) is 7.75. The summed E-state index contributed by atoms with van der Waals surface area (Å²) in [7, 11) is 0. The standard InChI is InChI=1S/C14H16FN3O2S/c15-9-2-1-3-10(6-9)21-8-13-17-14(20-18-13)11-7-19-5-4-12(11)16/h1-3,6,11-12H,4-5,7-8,16H2. The van der Waals surface area contributed by atoms with E-state index in [0.717, 1.165) is 11.3 Å². The maximum Gasteiger partial charge on any atom is 0.233 e. The summed E-state index contributed by atoms with van der Waals surface area (Å²) in [6, 6.07) is 6.41. The molecule has 1 aromatic carbocycles. The molecule has 2 atom stereocenters. The van der Waals surface area contributed by atoms with E-state index < -0.39 is 0 Å². The van der Waals surface area contributed by atoms with Crippen LogP contribution >= 0.6 is 11.8 Å². The van der Waals surface area contributed by atoms with Crippen molar-refractivity contribution < 1.29 is 13.7 Å². The van der Waals surface area contributed by atoms with E-state index in [1.807, 2.05) is 6.07 Å². The number of halogens is 1. The number of nitrogens with zero attached hydrogens (tertiary/aromatic N) is 2. The molecule has 7 heteroatoms. The van der Waals surface area contributed by atoms with Crippen molar-refractivity contribution in [3.8, 4) is 0 Å². The third-order valence-electron chi connectivity index (χ3n) is 3.37. The Labute approximate surface area is 126 Å². The van der Waals surface area contributed by atoms with Gasteiger partial charge in [-0.05, 0) is 24.6 Å². The van der Waals surface area contributed by atoms with Crippen LogP contribution in [0.25, 0.3) is 0 Å². The third-order valence-corrected chi connectivity index (χ3v) is 4.36. The van der Waals surface area contributed by atoms with E-state index in [2.05, 4.69) is 10.1 Å². The zero-order valence-electron chi connectivity index (χ0n) is 11.4. The van der Waals surface area contributed by atoms with Gasteiger partial charge in [-0.2, -0.15) is 4.98 Å². The van der Waals surface area contributed by atoms with Crippen LogP contribution in [0, 0.1) is 5.82 Å². The summed E-state index contributed by atoms with van der Waals surface area (Å²) in [6.45, 7) is 1.19. The molecule has 0 bridgehead atoms. The molecule has 1 saturated heterocycles. The predicted octanol–water partition coefficient (Wildman–Crippen LogP) is 2.33. The number of hydrogen-bond acceptors (Lipinski definition) is 6. The summed E-state index contributed by atoms with van der Waals surface area (Å²) >= 11 is 1.46. The molecule has 2 heterocycles. The fourth-order valence-corrected chi connectivity index (χ4v) is 2.97. The molecular weight excluding hydrogens is 293 g/mol. The minimum Gasteiger partial charge on any atom is -0.381 e. The molecule has 2 aromatic rings. The highest BCUT2D eigenvalue weighted by molar-refractivity contribution is 7.98. The average Bonchev–Trinajstić information content (AvgIpc) is 2.94. The molecule has 5 nitrogen and oxygen atoms in total. The Hall–Kier alpha value is -1.44. The van der Waals surface area contributed by atoms with Crippen molar-refractivity contribution in [1.82, 2.24) is 10.1 Å². The number of rotatable bonds is 4. The first-order valence-electron chi connectivity index (χ1n) is 6.76. The van der Waals surface area contributed by atoms with Gasteiger partial charge in [0.2, 0.25) is 5.89 Å². The van der Waals surface area contributed by atoms with Crippen molar-refractivity contribution in [2.45, 2.75) is 29.0 Å². The molecule has 1 aliphatic rings. The van der Waals surface area contributed by atoms with E-state index in [1.165, 1.54) is 23.9 Å². The van der Waals surface area contributed by atoms with Gasteiger partial charge < -0.3 is 15.0 Å². The Bertz CT molecular complexity index is 607. The largest absolute Gasteiger partial charge is 0.381 e. The fourth-order valence-electron chi connectivity index (χ4n) is 2.19. The highest BCUT2D eigenvalue weighted by Gasteiger charge is 2.29. The molecule has 0 radical (unpaired) electrons. The molecule has 1 fully saturated rings. The topological polar surface area (TPSA) is 74.2 Å². The van der Waals surface area contributed by atoms with Crippen LogP contribution in [0.2, 0.25) is 0 Å². The number of hydrogen-bond donors (Lipinski definition) is 1. The highest BCUT2D eigenvalue weighted by Crippen LogP contribution is 2.26. The summed E-state index contributed by atoms with van der Waals surface area (Å²) in [5.41, 5.74) is 6.05. The predicted molar refractivity (Wildman–Crippen MR) is 76.4 cm³/mol. The van der Waals surface area contributed by atoms with Gasteiger partial charge in [-0.1, -0.05) is 11.2 Å². The smallest absolute Gasteiger partial charge is 0.233 e. The first kappa shape index (κ1) is 14.5. The third kappa shape index (κ3) is 3.61. The Morgan fingerprint density at radius 2 is 2.33 bits per heavy atom. The van der Waals surface area contributed by atoms with E-state index in [-0.39, 0.29) is 17.8 Å². The summed E-state index contributed by atoms with van der Waals surface area (Å²) in [5, 5.41) is 3.95. The van der Waals surface area contributed by atoms with Gasteiger partial charge in [0.25, 0.3) is 0 Å². The molecule has 0 saturated carbocycles. The Morgan fingerprint density at radius 3 is 3.14 bits per heavy atom. The van der Waals surface area contributed by atoms with Crippen LogP contribution in [0.1, 0.15) is 24.1 Å². The molecule has 0 spiro atoms. The van der Waals surface area contributed by atoms with Crippen molar-refractivity contribution >= 4 is 11.8 Å². The Kier molecular flexibility index (Phi) is 4.52. The van der Waals surface area contributed by atoms with Crippen LogP contribution in [0.15, 0.2) is 33.7 Å². The van der Waals surface area contributed by atoms with Crippen molar-refractivity contribution in [2.75, 3.05) is 13.2 Å². The summed E-state index contributed by atoms with van der Waals surface area (Å²) < 4.78 is 23.8. The molecule has 0 aliphatic carbocycles. The van der Waals surface area contributed by atoms with Crippen molar-refractivity contribution in [3.05, 3.63) is 41.8 Å². The molecule has 3 rings (SSSR count). The maximum absolute atomic E-state index is 13.1. The molecule has 2 unspecified atom stereocenters. The number of ether oxygens (including phenoxy) is 1. The lowest BCUT2D eigenvalue weighted by Gasteiger charge is -2.25. The molecule has 2 N–H and O–H groups in total. The van der Waals surface area contributed by atoms with Gasteiger partial charge in [-0.3, -0.25) is 0 Å². The second-order valence-corrected chi connectivity index (χ2v) is 5.98. The van der Waals surface area contributed by atoms with Crippen molar-refractivity contribution in [1.29, 1.82) is 0 Å². The zero-order valence-corrected chi connectivity index (χ0v) is 12.2. The van der Waals surface area contributed by atoms with Gasteiger partial charge in [-0.15, -0.1) is 11.8 Å². The van der Waals surface area contributed by atoms with Gasteiger partial charge in [0.1, 0.15) is 5.82 Å². The second-order valence-electron chi connectivity index (χ2n) is 4.93. The number of thioether (sulfide) groups is 1. The van der Waals surface area contributed by atoms with E-state index in [9.17, 15) is 4.39 Å². The first-order chi connectivity index (χ1) is 10.2. The molecule has 1 aromatic heterocycles. The van der Waals surface area contributed by atoms with Gasteiger partial charge >= 0.3 is 0 Å². The minimum atomic E-state index is -0.251. The Balaban J connectivity index is 1.62. The lowest BCUT2D eigenvalue weighted by Crippen LogP contribution is -2.37. The maximum atomic E-state index is 13.1. The normalized spacial score (nSPS) is 22.4. The molecule has 112 valence electrons. The number of benzene rings is 1. The van der Waals surface area contributed by atoms with Gasteiger partial charge in [0, 0.05) is 17.5 Å². The lowest BCUT2D eigenvalue weighted by atomic mass is 9.97. The van der Waals surface area contributed by atoms with Crippen molar-refractivity contribution in [3.63, 3.8) is 0 Å². The van der Waals surface area contributed by atoms with Crippen LogP contribution in [0.5, 0.6) is 0 Å². The van der Waals surface area contributed by atoms with Crippen LogP contribution in [-0.2, 0) is 10.5 Å². The minimum absolute atomic E-state index is 0.0112. The SMILES string of the molecule is NC1CCOCC1c1nc(CSc2cccc(F)c2)no1. The molecule has 0 amide bonds. The van der Waals surface area contributed by atoms with Gasteiger partial charge in [0.15, 0.2) is 5.82 Å². The average molecular weight is 309 g/mol. The summed E-state index contributed by atoms with van der Waals surface area (Å²) in [4.78, 5) is 5.20. The van der Waals surface area contributed by atoms with E-state index in [4.69, 9.17) is 15.0 Å². The number of nitrogens with two attached hydrogens (primary N) is 1. The highest BCUT2D eigenvalue weighted by atomic mass is 32.2. The number of aromatic nitrogens is 2. The van der Waals surface area contributed by atoms with E-state index in [1.54, 1.807) is 6.07 Å². The Morgan fingerprint density at radius 1 is 1.43 bits per heavy atom. The molecule has 1 aliphatic heterocycles. The van der Waals surface area contributed by atoms with Gasteiger partial charge in [-0.25, -0.2) is 4.39 Å².